The fourth-order valence-corrected chi connectivity index (χ4v) is 3.30. The summed E-state index contributed by atoms with van der Waals surface area (Å²) in [6.07, 6.45) is 4.46. The monoisotopic (exact) mass is 381 g/mol. The van der Waals surface area contributed by atoms with Crippen molar-refractivity contribution < 1.29 is 4.79 Å². The third kappa shape index (κ3) is 3.72. The number of aryl methyl sites for hydroxylation is 1. The Morgan fingerprint density at radius 2 is 2.12 bits per heavy atom. The van der Waals surface area contributed by atoms with E-state index in [-0.39, 0.29) is 17.5 Å². The summed E-state index contributed by atoms with van der Waals surface area (Å²) in [6, 6.07) is 15.4. The van der Waals surface area contributed by atoms with Gasteiger partial charge in [0.1, 0.15) is 16.2 Å². The van der Waals surface area contributed by atoms with E-state index in [2.05, 4.69) is 32.3 Å². The number of nitrogens with zero attached hydrogens (tertiary/aromatic N) is 2. The van der Waals surface area contributed by atoms with Gasteiger partial charge in [0.15, 0.2) is 0 Å². The summed E-state index contributed by atoms with van der Waals surface area (Å²) in [5.41, 5.74) is 3.05. The van der Waals surface area contributed by atoms with E-state index in [1.807, 2.05) is 30.3 Å². The van der Waals surface area contributed by atoms with Crippen LogP contribution in [0.25, 0.3) is 6.08 Å². The Bertz CT molecular complexity index is 839. The summed E-state index contributed by atoms with van der Waals surface area (Å²) >= 11 is 3.28. The summed E-state index contributed by atoms with van der Waals surface area (Å²) in [6.45, 7) is 0. The number of pyridine rings is 1. The molecule has 3 rings (SSSR count). The van der Waals surface area contributed by atoms with Crippen LogP contribution in [0.1, 0.15) is 35.7 Å². The molecule has 1 aromatic carbocycles. The van der Waals surface area contributed by atoms with E-state index in [0.717, 1.165) is 24.8 Å². The lowest BCUT2D eigenvalue weighted by molar-refractivity contribution is -0.117. The number of nitriles is 1. The molecule has 0 fully saturated rings. The Morgan fingerprint density at radius 3 is 2.92 bits per heavy atom. The van der Waals surface area contributed by atoms with Gasteiger partial charge in [-0.25, -0.2) is 4.98 Å². The van der Waals surface area contributed by atoms with Crippen molar-refractivity contribution in [1.82, 2.24) is 10.3 Å². The second-order valence-electron chi connectivity index (χ2n) is 5.67. The fourth-order valence-electron chi connectivity index (χ4n) is 2.94. The highest BCUT2D eigenvalue weighted by molar-refractivity contribution is 9.10. The molecule has 0 saturated heterocycles. The van der Waals surface area contributed by atoms with Crippen LogP contribution in [0, 0.1) is 11.3 Å². The van der Waals surface area contributed by atoms with Crippen LogP contribution in [0.4, 0.5) is 0 Å². The SMILES string of the molecule is N#C/C(=C\c1cccc(Br)n1)C(=O)NC1CCCc2ccccc21. The summed E-state index contributed by atoms with van der Waals surface area (Å²) in [5, 5.41) is 12.3. The molecule has 120 valence electrons. The van der Waals surface area contributed by atoms with Gasteiger partial charge in [0, 0.05) is 0 Å². The molecule has 1 unspecified atom stereocenters. The fraction of sp³-hybridized carbons (Fsp3) is 0.211. The molecule has 0 spiro atoms. The van der Waals surface area contributed by atoms with Crippen LogP contribution in [0.3, 0.4) is 0 Å². The quantitative estimate of drug-likeness (QED) is 0.497. The number of carbonyl (C=O) groups excluding carboxylic acids is 1. The topological polar surface area (TPSA) is 65.8 Å². The summed E-state index contributed by atoms with van der Waals surface area (Å²) in [7, 11) is 0. The second kappa shape index (κ2) is 7.41. The molecule has 1 aliphatic carbocycles. The number of amides is 1. The lowest BCUT2D eigenvalue weighted by Gasteiger charge is -2.26. The zero-order chi connectivity index (χ0) is 16.9. The van der Waals surface area contributed by atoms with Crippen molar-refractivity contribution in [2.45, 2.75) is 25.3 Å². The van der Waals surface area contributed by atoms with Crippen molar-refractivity contribution in [2.24, 2.45) is 0 Å². The molecule has 1 atom stereocenters. The van der Waals surface area contributed by atoms with Crippen molar-refractivity contribution in [3.63, 3.8) is 0 Å². The minimum absolute atomic E-state index is 0.0466. The Balaban J connectivity index is 1.80. The molecular weight excluding hydrogens is 366 g/mol. The first-order chi connectivity index (χ1) is 11.7. The van der Waals surface area contributed by atoms with Crippen molar-refractivity contribution in [3.05, 3.63) is 69.5 Å². The Morgan fingerprint density at radius 1 is 1.29 bits per heavy atom. The molecule has 4 nitrogen and oxygen atoms in total. The first-order valence-corrected chi connectivity index (χ1v) is 8.59. The van der Waals surface area contributed by atoms with E-state index >= 15 is 0 Å². The number of hydrogen-bond donors (Lipinski definition) is 1. The molecule has 1 amide bonds. The Labute approximate surface area is 149 Å². The molecule has 1 N–H and O–H groups in total. The molecule has 24 heavy (non-hydrogen) atoms. The van der Waals surface area contributed by atoms with Gasteiger partial charge in [-0.2, -0.15) is 5.26 Å². The standard InChI is InChI=1S/C19H16BrN3O/c20-18-10-4-7-15(22-18)11-14(12-21)19(24)23-17-9-3-6-13-5-1-2-8-16(13)17/h1-2,4-5,7-8,10-11,17H,3,6,9H2,(H,23,24)/b14-11+. The number of hydrogen-bond acceptors (Lipinski definition) is 3. The van der Waals surface area contributed by atoms with E-state index in [9.17, 15) is 10.1 Å². The average Bonchev–Trinajstić information content (AvgIpc) is 2.60. The van der Waals surface area contributed by atoms with Gasteiger partial charge in [0.2, 0.25) is 0 Å². The number of aromatic nitrogens is 1. The van der Waals surface area contributed by atoms with Crippen LogP contribution in [-0.2, 0) is 11.2 Å². The van der Waals surface area contributed by atoms with Crippen molar-refractivity contribution >= 4 is 27.9 Å². The zero-order valence-corrected chi connectivity index (χ0v) is 14.6. The maximum Gasteiger partial charge on any atom is 0.262 e. The highest BCUT2D eigenvalue weighted by Crippen LogP contribution is 2.29. The molecule has 1 heterocycles. The molecular formula is C19H16BrN3O. The molecule has 0 radical (unpaired) electrons. The number of nitrogens with one attached hydrogen (secondary N) is 1. The maximum atomic E-state index is 12.5. The van der Waals surface area contributed by atoms with E-state index < -0.39 is 0 Å². The molecule has 2 aromatic rings. The van der Waals surface area contributed by atoms with E-state index in [0.29, 0.717) is 10.3 Å². The predicted molar refractivity (Wildman–Crippen MR) is 95.8 cm³/mol. The third-order valence-electron chi connectivity index (χ3n) is 4.07. The largest absolute Gasteiger partial charge is 0.345 e. The van der Waals surface area contributed by atoms with Crippen LogP contribution in [-0.4, -0.2) is 10.9 Å². The lowest BCUT2D eigenvalue weighted by Crippen LogP contribution is -2.31. The minimum atomic E-state index is -0.360. The number of halogens is 1. The molecule has 1 aliphatic rings. The van der Waals surface area contributed by atoms with Gasteiger partial charge >= 0.3 is 0 Å². The van der Waals surface area contributed by atoms with Gasteiger partial charge in [-0.05, 0) is 64.5 Å². The van der Waals surface area contributed by atoms with Crippen LogP contribution >= 0.6 is 15.9 Å². The highest BCUT2D eigenvalue weighted by atomic mass is 79.9. The first kappa shape index (κ1) is 16.4. The lowest BCUT2D eigenvalue weighted by atomic mass is 9.87. The summed E-state index contributed by atoms with van der Waals surface area (Å²) in [4.78, 5) is 16.7. The van der Waals surface area contributed by atoms with Crippen molar-refractivity contribution in [1.29, 1.82) is 5.26 Å². The minimum Gasteiger partial charge on any atom is -0.345 e. The van der Waals surface area contributed by atoms with Gasteiger partial charge in [-0.15, -0.1) is 0 Å². The number of carbonyl (C=O) groups is 1. The van der Waals surface area contributed by atoms with Crippen molar-refractivity contribution in [2.75, 3.05) is 0 Å². The number of rotatable bonds is 3. The Hall–Kier alpha value is -2.45. The van der Waals surface area contributed by atoms with Gasteiger partial charge in [-0.3, -0.25) is 4.79 Å². The predicted octanol–water partition coefficient (Wildman–Crippen LogP) is 3.94. The van der Waals surface area contributed by atoms with E-state index in [1.165, 1.54) is 11.6 Å². The summed E-state index contributed by atoms with van der Waals surface area (Å²) < 4.78 is 0.662. The molecule has 0 aliphatic heterocycles. The number of fused-ring (bicyclic) bond motifs is 1. The van der Waals surface area contributed by atoms with Crippen LogP contribution in [0.15, 0.2) is 52.6 Å². The Kier molecular flexibility index (Phi) is 5.07. The van der Waals surface area contributed by atoms with E-state index in [4.69, 9.17) is 0 Å². The molecule has 1 aromatic heterocycles. The molecule has 5 heteroatoms. The van der Waals surface area contributed by atoms with Gasteiger partial charge < -0.3 is 5.32 Å². The van der Waals surface area contributed by atoms with Gasteiger partial charge in [0.25, 0.3) is 5.91 Å². The normalized spacial score (nSPS) is 16.8. The average molecular weight is 382 g/mol. The smallest absolute Gasteiger partial charge is 0.262 e. The van der Waals surface area contributed by atoms with Gasteiger partial charge in [0.05, 0.1) is 11.7 Å². The molecule has 0 saturated carbocycles. The maximum absolute atomic E-state index is 12.5. The van der Waals surface area contributed by atoms with Crippen LogP contribution in [0.2, 0.25) is 0 Å². The summed E-state index contributed by atoms with van der Waals surface area (Å²) in [5.74, 6) is -0.360. The first-order valence-electron chi connectivity index (χ1n) is 7.80. The highest BCUT2D eigenvalue weighted by Gasteiger charge is 2.22. The van der Waals surface area contributed by atoms with Crippen molar-refractivity contribution in [3.8, 4) is 6.07 Å². The van der Waals surface area contributed by atoms with Crippen LogP contribution < -0.4 is 5.32 Å². The second-order valence-corrected chi connectivity index (χ2v) is 6.48. The van der Waals surface area contributed by atoms with Crippen LogP contribution in [0.5, 0.6) is 0 Å². The number of benzene rings is 1. The van der Waals surface area contributed by atoms with E-state index in [1.54, 1.807) is 12.1 Å². The molecule has 0 bridgehead atoms. The third-order valence-corrected chi connectivity index (χ3v) is 4.51. The zero-order valence-electron chi connectivity index (χ0n) is 13.0. The van der Waals surface area contributed by atoms with Gasteiger partial charge in [-0.1, -0.05) is 30.3 Å².